The summed E-state index contributed by atoms with van der Waals surface area (Å²) in [7, 11) is -2.48. The average molecular weight is 433 g/mol. The number of rotatable bonds is 7. The maximum Gasteiger partial charge on any atom is 0.313 e. The molecule has 3 aromatic rings. The third-order valence-corrected chi connectivity index (χ3v) is 5.20. The van der Waals surface area contributed by atoms with E-state index < -0.39 is 21.8 Å². The van der Waals surface area contributed by atoms with Gasteiger partial charge in [0.05, 0.1) is 30.0 Å². The summed E-state index contributed by atoms with van der Waals surface area (Å²) in [5.74, 6) is -0.624. The van der Waals surface area contributed by atoms with Crippen LogP contribution < -0.4 is 9.88 Å². The highest BCUT2D eigenvalue weighted by Crippen LogP contribution is 2.33. The Bertz CT molecular complexity index is 1170. The van der Waals surface area contributed by atoms with E-state index in [-0.39, 0.29) is 23.7 Å². The molecular weight excluding hydrogens is 413 g/mol. The van der Waals surface area contributed by atoms with Crippen molar-refractivity contribution < 1.29 is 27.1 Å². The molecule has 0 spiro atoms. The third-order valence-electron chi connectivity index (χ3n) is 4.27. The summed E-state index contributed by atoms with van der Waals surface area (Å²) < 4.78 is 47.2. The number of benzene rings is 2. The Kier molecular flexibility index (Phi) is 6.18. The van der Waals surface area contributed by atoms with Crippen LogP contribution in [-0.2, 0) is 26.0 Å². The number of aromatic nitrogens is 2. The number of H-pyrrole nitrogens is 1. The lowest BCUT2D eigenvalue weighted by Crippen LogP contribution is -2.11. The molecule has 2 aromatic carbocycles. The van der Waals surface area contributed by atoms with E-state index in [2.05, 4.69) is 9.97 Å². The van der Waals surface area contributed by atoms with Crippen LogP contribution in [0, 0.1) is 5.82 Å². The Morgan fingerprint density at radius 3 is 2.40 bits per heavy atom. The highest BCUT2D eigenvalue weighted by atomic mass is 32.2. The van der Waals surface area contributed by atoms with Gasteiger partial charge in [-0.15, -0.1) is 0 Å². The van der Waals surface area contributed by atoms with Crippen molar-refractivity contribution in [2.45, 2.75) is 18.2 Å². The number of nitrogens with one attached hydrogen (secondary N) is 1. The van der Waals surface area contributed by atoms with Gasteiger partial charge in [0.15, 0.2) is 11.6 Å². The molecule has 0 bridgehead atoms. The van der Waals surface area contributed by atoms with Crippen LogP contribution in [-0.4, -0.2) is 38.1 Å². The molecule has 1 heterocycles. The minimum absolute atomic E-state index is 0.0467. The number of hydrogen-bond donors (Lipinski definition) is 2. The van der Waals surface area contributed by atoms with Crippen LogP contribution in [0.5, 0.6) is 5.75 Å². The van der Waals surface area contributed by atoms with Crippen LogP contribution in [0.1, 0.15) is 12.7 Å². The number of carbonyl (C=O) groups is 1. The highest BCUT2D eigenvalue weighted by Gasteiger charge is 2.18. The second kappa shape index (κ2) is 8.64. The summed E-state index contributed by atoms with van der Waals surface area (Å²) in [6.07, 6.45) is -0.102. The molecule has 0 aliphatic heterocycles. The first-order valence-corrected chi connectivity index (χ1v) is 10.5. The normalized spacial score (nSPS) is 11.3. The van der Waals surface area contributed by atoms with Crippen LogP contribution in [0.15, 0.2) is 47.4 Å². The minimum Gasteiger partial charge on any atom is -0.494 e. The van der Waals surface area contributed by atoms with Crippen molar-refractivity contribution in [3.63, 3.8) is 0 Å². The van der Waals surface area contributed by atoms with Gasteiger partial charge in [0.2, 0.25) is 10.0 Å². The largest absolute Gasteiger partial charge is 0.494 e. The number of carbonyl (C=O) groups excluding carboxylic acids is 1. The number of hydrogen-bond acceptors (Lipinski definition) is 6. The van der Waals surface area contributed by atoms with Crippen molar-refractivity contribution in [1.82, 2.24) is 9.97 Å². The molecule has 0 aliphatic rings. The van der Waals surface area contributed by atoms with Gasteiger partial charge in [-0.2, -0.15) is 0 Å². The number of sulfonamides is 1. The van der Waals surface area contributed by atoms with E-state index >= 15 is 0 Å². The number of halogens is 1. The van der Waals surface area contributed by atoms with E-state index in [1.165, 1.54) is 31.4 Å². The molecule has 10 heteroatoms. The van der Waals surface area contributed by atoms with Crippen molar-refractivity contribution in [3.05, 3.63) is 54.1 Å². The number of nitrogens with zero attached hydrogens (tertiary/aromatic N) is 1. The van der Waals surface area contributed by atoms with Crippen molar-refractivity contribution in [1.29, 1.82) is 0 Å². The smallest absolute Gasteiger partial charge is 0.313 e. The zero-order valence-electron chi connectivity index (χ0n) is 16.3. The number of methoxy groups -OCH3 is 1. The molecule has 30 heavy (non-hydrogen) atoms. The topological polar surface area (TPSA) is 124 Å². The molecule has 0 aliphatic carbocycles. The van der Waals surface area contributed by atoms with Crippen LogP contribution in [0.2, 0.25) is 0 Å². The SMILES string of the molecule is CCOC(=O)Cc1nc(-c2ccc(OC)c(F)c2)c(-c2ccc(S(N)(=O)=O)cc2)[nH]1. The van der Waals surface area contributed by atoms with Crippen LogP contribution in [0.3, 0.4) is 0 Å². The Labute approximate surface area is 172 Å². The molecule has 3 N–H and O–H groups in total. The fraction of sp³-hybridized carbons (Fsp3) is 0.200. The summed E-state index contributed by atoms with van der Waals surface area (Å²) >= 11 is 0. The van der Waals surface area contributed by atoms with E-state index in [9.17, 15) is 17.6 Å². The Balaban J connectivity index is 2.09. The van der Waals surface area contributed by atoms with E-state index in [0.29, 0.717) is 28.3 Å². The number of esters is 1. The predicted molar refractivity (Wildman–Crippen MR) is 108 cm³/mol. The fourth-order valence-electron chi connectivity index (χ4n) is 2.90. The second-order valence-electron chi connectivity index (χ2n) is 6.31. The summed E-state index contributed by atoms with van der Waals surface area (Å²) in [4.78, 5) is 19.3. The maximum absolute atomic E-state index is 14.3. The van der Waals surface area contributed by atoms with E-state index in [0.717, 1.165) is 0 Å². The fourth-order valence-corrected chi connectivity index (χ4v) is 3.41. The molecule has 1 aromatic heterocycles. The van der Waals surface area contributed by atoms with Gasteiger partial charge >= 0.3 is 5.97 Å². The first-order chi connectivity index (χ1) is 14.2. The zero-order chi connectivity index (χ0) is 21.9. The third kappa shape index (κ3) is 4.66. The Hall–Kier alpha value is -3.24. The van der Waals surface area contributed by atoms with Crippen molar-refractivity contribution in [2.75, 3.05) is 13.7 Å². The predicted octanol–water partition coefficient (Wildman–Crippen LogP) is 2.64. The molecule has 0 fully saturated rings. The number of ether oxygens (including phenoxy) is 2. The van der Waals surface area contributed by atoms with E-state index in [1.807, 2.05) is 0 Å². The molecule has 0 atom stereocenters. The van der Waals surface area contributed by atoms with Gasteiger partial charge in [-0.25, -0.2) is 22.9 Å². The van der Waals surface area contributed by atoms with Crippen molar-refractivity contribution >= 4 is 16.0 Å². The van der Waals surface area contributed by atoms with Crippen LogP contribution >= 0.6 is 0 Å². The lowest BCUT2D eigenvalue weighted by atomic mass is 10.0. The van der Waals surface area contributed by atoms with Gasteiger partial charge in [-0.3, -0.25) is 4.79 Å². The summed E-state index contributed by atoms with van der Waals surface area (Å²) in [6.45, 7) is 1.93. The van der Waals surface area contributed by atoms with Crippen molar-refractivity contribution in [2.24, 2.45) is 5.14 Å². The molecule has 0 amide bonds. The van der Waals surface area contributed by atoms with Crippen molar-refractivity contribution in [3.8, 4) is 28.3 Å². The molecule has 8 nitrogen and oxygen atoms in total. The minimum atomic E-state index is -3.84. The molecule has 0 radical (unpaired) electrons. The van der Waals surface area contributed by atoms with Gasteiger partial charge in [-0.1, -0.05) is 12.1 Å². The molecule has 0 saturated heterocycles. The molecular formula is C20H20FN3O5S. The monoisotopic (exact) mass is 433 g/mol. The molecule has 0 unspecified atom stereocenters. The van der Waals surface area contributed by atoms with Gasteiger partial charge < -0.3 is 14.5 Å². The first kappa shape index (κ1) is 21.5. The summed E-state index contributed by atoms with van der Waals surface area (Å²) in [5, 5.41) is 5.15. The lowest BCUT2D eigenvalue weighted by molar-refractivity contribution is -0.142. The summed E-state index contributed by atoms with van der Waals surface area (Å²) in [6, 6.07) is 10.2. The van der Waals surface area contributed by atoms with E-state index in [4.69, 9.17) is 14.6 Å². The summed E-state index contributed by atoms with van der Waals surface area (Å²) in [5.41, 5.74) is 1.90. The molecule has 0 saturated carbocycles. The number of imidazole rings is 1. The van der Waals surface area contributed by atoms with Gasteiger partial charge in [0.1, 0.15) is 12.2 Å². The van der Waals surface area contributed by atoms with Gasteiger partial charge in [0.25, 0.3) is 0 Å². The average Bonchev–Trinajstić information content (AvgIpc) is 3.11. The van der Waals surface area contributed by atoms with Gasteiger partial charge in [0, 0.05) is 11.1 Å². The number of nitrogens with two attached hydrogens (primary N) is 1. The Morgan fingerprint density at radius 1 is 1.17 bits per heavy atom. The highest BCUT2D eigenvalue weighted by molar-refractivity contribution is 7.89. The Morgan fingerprint density at radius 2 is 1.83 bits per heavy atom. The standard InChI is InChI=1S/C20H20FN3O5S/c1-3-29-18(25)11-17-23-19(12-4-7-14(8-5-12)30(22,26)27)20(24-17)13-6-9-16(28-2)15(21)10-13/h4-10H,3,11H2,1-2H3,(H,23,24)(H2,22,26,27). The second-order valence-corrected chi connectivity index (χ2v) is 7.87. The first-order valence-electron chi connectivity index (χ1n) is 8.94. The zero-order valence-corrected chi connectivity index (χ0v) is 17.1. The van der Waals surface area contributed by atoms with Crippen LogP contribution in [0.4, 0.5) is 4.39 Å². The van der Waals surface area contributed by atoms with Gasteiger partial charge in [-0.05, 0) is 37.3 Å². The maximum atomic E-state index is 14.3. The molecule has 158 valence electrons. The van der Waals surface area contributed by atoms with Crippen LogP contribution in [0.25, 0.3) is 22.5 Å². The quantitative estimate of drug-likeness (QED) is 0.552. The lowest BCUT2D eigenvalue weighted by Gasteiger charge is -2.07. The van der Waals surface area contributed by atoms with E-state index in [1.54, 1.807) is 25.1 Å². The number of primary sulfonamides is 1. The number of aromatic amines is 1. The molecule has 3 rings (SSSR count).